The lowest BCUT2D eigenvalue weighted by atomic mass is 10.5. The van der Waals surface area contributed by atoms with E-state index in [2.05, 4.69) is 11.9 Å². The van der Waals surface area contributed by atoms with Gasteiger partial charge >= 0.3 is 11.0 Å². The third-order valence-electron chi connectivity index (χ3n) is 1.39. The smallest absolute Gasteiger partial charge is 0.341 e. The molecule has 0 saturated heterocycles. The zero-order valence-corrected chi connectivity index (χ0v) is 11.6. The van der Waals surface area contributed by atoms with Crippen molar-refractivity contribution in [2.75, 3.05) is 6.54 Å². The van der Waals surface area contributed by atoms with Gasteiger partial charge < -0.3 is 10.3 Å². The predicted octanol–water partition coefficient (Wildman–Crippen LogP) is 3.18. The second-order valence-corrected chi connectivity index (χ2v) is 4.75. The van der Waals surface area contributed by atoms with Crippen molar-refractivity contribution in [3.63, 3.8) is 0 Å². The second-order valence-electron chi connectivity index (χ2n) is 3.21. The summed E-state index contributed by atoms with van der Waals surface area (Å²) >= 11 is 0. The Morgan fingerprint density at radius 3 is 1.65 bits per heavy atom. The fraction of sp³-hybridized carbons (Fsp3) is 0.667. The molecule has 0 aliphatic heterocycles. The van der Waals surface area contributed by atoms with Crippen molar-refractivity contribution in [1.29, 1.82) is 4.78 Å². The summed E-state index contributed by atoms with van der Waals surface area (Å²) in [6.07, 6.45) is 6.49. The molecule has 1 aromatic rings. The van der Waals surface area contributed by atoms with Crippen LogP contribution in [0.1, 0.15) is 13.3 Å². The van der Waals surface area contributed by atoms with Gasteiger partial charge in [-0.1, -0.05) is 6.92 Å². The van der Waals surface area contributed by atoms with E-state index in [1.807, 2.05) is 17.8 Å². The lowest BCUT2D eigenvalue weighted by Crippen LogP contribution is -2.28. The SMILES string of the molecule is CCCN.Cn1ccnc1.N=S(C(F)(F)F)C(F)(F)F. The van der Waals surface area contributed by atoms with Crippen molar-refractivity contribution in [3.8, 4) is 0 Å². The first kappa shape index (κ1) is 21.2. The third-order valence-corrected chi connectivity index (χ3v) is 2.31. The van der Waals surface area contributed by atoms with Gasteiger partial charge in [-0.3, -0.25) is 4.78 Å². The zero-order valence-electron chi connectivity index (χ0n) is 10.8. The van der Waals surface area contributed by atoms with E-state index in [-0.39, 0.29) is 0 Å². The van der Waals surface area contributed by atoms with E-state index < -0.39 is 21.7 Å². The van der Waals surface area contributed by atoms with Crippen molar-refractivity contribution >= 4 is 10.7 Å². The molecule has 1 aromatic heterocycles. The Morgan fingerprint density at radius 1 is 1.20 bits per heavy atom. The number of nitrogens with zero attached hydrogens (tertiary/aromatic N) is 2. The van der Waals surface area contributed by atoms with Crippen LogP contribution in [0.25, 0.3) is 0 Å². The average Bonchev–Trinajstić information content (AvgIpc) is 2.78. The molecular weight excluding hydrogens is 310 g/mol. The van der Waals surface area contributed by atoms with Gasteiger partial charge in [0.25, 0.3) is 0 Å². The van der Waals surface area contributed by atoms with Crippen molar-refractivity contribution in [1.82, 2.24) is 9.55 Å². The van der Waals surface area contributed by atoms with Crippen LogP contribution in [0.4, 0.5) is 26.3 Å². The quantitative estimate of drug-likeness (QED) is 0.778. The highest BCUT2D eigenvalue weighted by atomic mass is 32.2. The number of aryl methyl sites for hydroxylation is 1. The van der Waals surface area contributed by atoms with Gasteiger partial charge in [-0.25, -0.2) is 4.98 Å². The number of hydrogen-bond donors (Lipinski definition) is 2. The molecule has 4 nitrogen and oxygen atoms in total. The van der Waals surface area contributed by atoms with Crippen LogP contribution < -0.4 is 5.73 Å². The topological polar surface area (TPSA) is 67.7 Å². The lowest BCUT2D eigenvalue weighted by Gasteiger charge is -2.11. The minimum Gasteiger partial charge on any atom is -0.341 e. The van der Waals surface area contributed by atoms with E-state index in [1.165, 1.54) is 0 Å². The first-order chi connectivity index (χ1) is 8.96. The highest BCUT2D eigenvalue weighted by Crippen LogP contribution is 2.33. The standard InChI is InChI=1S/C4H6N2.C3H9N.C2HF6NS/c1-6-3-2-5-4-6;1-2-3-4;3-1(4,5)10(9)2(6,7)8/h2-4H,1H3;2-4H2,1H3;9H. The Morgan fingerprint density at radius 2 is 1.60 bits per heavy atom. The molecule has 0 amide bonds. The molecule has 20 heavy (non-hydrogen) atoms. The van der Waals surface area contributed by atoms with E-state index in [0.717, 1.165) is 13.0 Å². The summed E-state index contributed by atoms with van der Waals surface area (Å²) in [5.41, 5.74) is -5.95. The zero-order chi connectivity index (χ0) is 16.4. The van der Waals surface area contributed by atoms with Gasteiger partial charge in [0.1, 0.15) is 10.7 Å². The normalized spacial score (nSPS) is 11.3. The van der Waals surface area contributed by atoms with Crippen LogP contribution in [0.15, 0.2) is 18.7 Å². The molecule has 3 N–H and O–H groups in total. The van der Waals surface area contributed by atoms with E-state index in [0.29, 0.717) is 0 Å². The molecule has 0 aromatic carbocycles. The molecule has 0 aliphatic rings. The maximum Gasteiger partial charge on any atom is 0.460 e. The molecule has 0 radical (unpaired) electrons. The number of halogens is 6. The van der Waals surface area contributed by atoms with Gasteiger partial charge in [-0.15, -0.1) is 0 Å². The number of aromatic nitrogens is 2. The van der Waals surface area contributed by atoms with Crippen molar-refractivity contribution in [3.05, 3.63) is 18.7 Å². The second kappa shape index (κ2) is 9.75. The van der Waals surface area contributed by atoms with Gasteiger partial charge in [0.2, 0.25) is 0 Å². The number of nitrogens with two attached hydrogens (primary N) is 1. The number of imidazole rings is 1. The maximum atomic E-state index is 11.0. The van der Waals surface area contributed by atoms with Crippen LogP contribution >= 0.6 is 0 Å². The summed E-state index contributed by atoms with van der Waals surface area (Å²) in [6, 6.07) is 0. The minimum absolute atomic E-state index is 0.819. The van der Waals surface area contributed by atoms with E-state index in [4.69, 9.17) is 10.5 Å². The molecule has 0 atom stereocenters. The van der Waals surface area contributed by atoms with Crippen molar-refractivity contribution in [2.24, 2.45) is 12.8 Å². The van der Waals surface area contributed by atoms with E-state index in [9.17, 15) is 26.3 Å². The number of nitrogens with one attached hydrogen (secondary N) is 1. The third kappa shape index (κ3) is 12.0. The summed E-state index contributed by atoms with van der Waals surface area (Å²) in [5.74, 6) is 0. The first-order valence-electron chi connectivity index (χ1n) is 5.17. The van der Waals surface area contributed by atoms with Crippen molar-refractivity contribution < 1.29 is 26.3 Å². The molecule has 0 fully saturated rings. The van der Waals surface area contributed by atoms with Crippen LogP contribution in [0, 0.1) is 4.78 Å². The minimum atomic E-state index is -5.49. The van der Waals surface area contributed by atoms with Crippen LogP contribution in [0.2, 0.25) is 0 Å². The van der Waals surface area contributed by atoms with Crippen molar-refractivity contribution in [2.45, 2.75) is 24.4 Å². The molecule has 0 saturated carbocycles. The molecule has 0 unspecified atom stereocenters. The largest absolute Gasteiger partial charge is 0.460 e. The Hall–Kier alpha value is -1.10. The molecule has 1 rings (SSSR count). The summed E-state index contributed by atoms with van der Waals surface area (Å²) in [6.45, 7) is 2.88. The molecule has 0 aliphatic carbocycles. The highest BCUT2D eigenvalue weighted by Gasteiger charge is 2.50. The van der Waals surface area contributed by atoms with Gasteiger partial charge in [-0.05, 0) is 13.0 Å². The molecule has 0 bridgehead atoms. The molecule has 0 spiro atoms. The Kier molecular flexibility index (Phi) is 10.3. The highest BCUT2D eigenvalue weighted by molar-refractivity contribution is 7.87. The van der Waals surface area contributed by atoms with Gasteiger partial charge in [0, 0.05) is 19.4 Å². The number of hydrogen-bond acceptors (Lipinski definition) is 3. The monoisotopic (exact) mass is 326 g/mol. The summed E-state index contributed by atoms with van der Waals surface area (Å²) < 4.78 is 73.8. The maximum absolute atomic E-state index is 11.0. The molecule has 11 heteroatoms. The van der Waals surface area contributed by atoms with E-state index in [1.54, 1.807) is 12.5 Å². The Bertz CT molecular complexity index is 342. The number of alkyl halides is 6. The fourth-order valence-corrected chi connectivity index (χ4v) is 0.719. The van der Waals surface area contributed by atoms with Crippen LogP contribution in [-0.4, -0.2) is 27.1 Å². The summed E-state index contributed by atoms with van der Waals surface area (Å²) in [4.78, 5) is 3.78. The molecule has 1 heterocycles. The molecule has 120 valence electrons. The predicted molar refractivity (Wildman–Crippen MR) is 64.7 cm³/mol. The van der Waals surface area contributed by atoms with Gasteiger partial charge in [0.15, 0.2) is 0 Å². The fourth-order valence-electron chi connectivity index (χ4n) is 0.457. The van der Waals surface area contributed by atoms with Gasteiger partial charge in [-0.2, -0.15) is 26.3 Å². The molecular formula is C9H16F6N4S. The average molecular weight is 326 g/mol. The van der Waals surface area contributed by atoms with Gasteiger partial charge in [0.05, 0.1) is 6.33 Å². The Labute approximate surface area is 114 Å². The summed E-state index contributed by atoms with van der Waals surface area (Å²) in [5, 5.41) is 0. The first-order valence-corrected chi connectivity index (χ1v) is 6.40. The summed E-state index contributed by atoms with van der Waals surface area (Å²) in [7, 11) is -2.32. The Balaban J connectivity index is 0. The van der Waals surface area contributed by atoms with Crippen LogP contribution in [-0.2, 0) is 17.7 Å². The van der Waals surface area contributed by atoms with E-state index >= 15 is 0 Å². The number of rotatable bonds is 1. The van der Waals surface area contributed by atoms with Crippen LogP contribution in [0.5, 0.6) is 0 Å². The lowest BCUT2D eigenvalue weighted by molar-refractivity contribution is -0.0754. The van der Waals surface area contributed by atoms with Crippen LogP contribution in [0.3, 0.4) is 0 Å².